The Morgan fingerprint density at radius 3 is 2.95 bits per heavy atom. The molecule has 0 radical (unpaired) electrons. The molecular formula is C19H23NS. The molecule has 0 amide bonds. The predicted octanol–water partition coefficient (Wildman–Crippen LogP) is 4.62. The smallest absolute Gasteiger partial charge is 0.0420 e. The Morgan fingerprint density at radius 1 is 1.24 bits per heavy atom. The van der Waals surface area contributed by atoms with Gasteiger partial charge < -0.3 is 5.32 Å². The molecule has 1 aromatic heterocycles. The summed E-state index contributed by atoms with van der Waals surface area (Å²) in [7, 11) is 0. The van der Waals surface area contributed by atoms with Crippen LogP contribution in [0.25, 0.3) is 0 Å². The van der Waals surface area contributed by atoms with E-state index in [0.29, 0.717) is 6.04 Å². The number of rotatable bonds is 5. The van der Waals surface area contributed by atoms with Crippen LogP contribution in [0.1, 0.15) is 58.2 Å². The summed E-state index contributed by atoms with van der Waals surface area (Å²) in [5, 5.41) is 3.73. The average Bonchev–Trinajstić information content (AvgIpc) is 3.04. The van der Waals surface area contributed by atoms with Gasteiger partial charge in [0.05, 0.1) is 0 Å². The molecule has 1 aromatic carbocycles. The van der Waals surface area contributed by atoms with Crippen molar-refractivity contribution in [3.8, 4) is 0 Å². The lowest BCUT2D eigenvalue weighted by Gasteiger charge is -2.33. The molecule has 0 aliphatic heterocycles. The minimum Gasteiger partial charge on any atom is -0.310 e. The van der Waals surface area contributed by atoms with Crippen molar-refractivity contribution >= 4 is 11.3 Å². The van der Waals surface area contributed by atoms with Gasteiger partial charge in [0.25, 0.3) is 0 Å². The van der Waals surface area contributed by atoms with Gasteiger partial charge in [0.2, 0.25) is 0 Å². The van der Waals surface area contributed by atoms with Gasteiger partial charge in [0.15, 0.2) is 0 Å². The first-order chi connectivity index (χ1) is 10.3. The first-order valence-corrected chi connectivity index (χ1v) is 9.09. The molecule has 1 N–H and O–H groups in total. The van der Waals surface area contributed by atoms with Gasteiger partial charge in [-0.3, -0.25) is 0 Å². The van der Waals surface area contributed by atoms with Crippen LogP contribution in [0.3, 0.4) is 0 Å². The fourth-order valence-electron chi connectivity index (χ4n) is 3.93. The molecule has 0 bridgehead atoms. The van der Waals surface area contributed by atoms with Crippen molar-refractivity contribution in [1.82, 2.24) is 5.32 Å². The van der Waals surface area contributed by atoms with E-state index in [1.165, 1.54) is 32.1 Å². The van der Waals surface area contributed by atoms with Crippen LogP contribution in [0, 0.1) is 0 Å². The average molecular weight is 297 g/mol. The van der Waals surface area contributed by atoms with Crippen molar-refractivity contribution in [2.75, 3.05) is 6.54 Å². The number of fused-ring (bicyclic) bond motifs is 2. The summed E-state index contributed by atoms with van der Waals surface area (Å²) in [5.74, 6) is 0.752. The van der Waals surface area contributed by atoms with Gasteiger partial charge in [0, 0.05) is 15.8 Å². The van der Waals surface area contributed by atoms with E-state index in [9.17, 15) is 0 Å². The Morgan fingerprint density at radius 2 is 2.14 bits per heavy atom. The van der Waals surface area contributed by atoms with Crippen molar-refractivity contribution in [3.63, 3.8) is 0 Å². The fourth-order valence-corrected chi connectivity index (χ4v) is 5.27. The third kappa shape index (κ3) is 2.45. The highest BCUT2D eigenvalue weighted by Crippen LogP contribution is 2.43. The molecule has 2 unspecified atom stereocenters. The number of benzene rings is 1. The molecule has 2 aliphatic rings. The van der Waals surface area contributed by atoms with E-state index >= 15 is 0 Å². The molecule has 2 aromatic rings. The Kier molecular flexibility index (Phi) is 3.60. The lowest BCUT2D eigenvalue weighted by Crippen LogP contribution is -2.26. The molecule has 2 atom stereocenters. The van der Waals surface area contributed by atoms with E-state index in [-0.39, 0.29) is 0 Å². The topological polar surface area (TPSA) is 12.0 Å². The standard InChI is InChI=1S/C19H23NS/c1-2-20-17(19-12-14-7-5-9-18(14)21-19)11-15-10-13-6-3-4-8-16(13)15/h3-4,6,8,12,15,17,20H,2,5,7,9-11H2,1H3. The fraction of sp³-hybridized carbons (Fsp3) is 0.474. The van der Waals surface area contributed by atoms with Crippen LogP contribution in [0.5, 0.6) is 0 Å². The molecule has 4 rings (SSSR count). The Bertz CT molecular complexity index is 621. The molecule has 0 saturated carbocycles. The highest BCUT2D eigenvalue weighted by atomic mass is 32.1. The summed E-state index contributed by atoms with van der Waals surface area (Å²) >= 11 is 2.07. The number of nitrogens with one attached hydrogen (secondary N) is 1. The zero-order valence-corrected chi connectivity index (χ0v) is 13.5. The molecular weight excluding hydrogens is 274 g/mol. The third-order valence-corrected chi connectivity index (χ3v) is 6.39. The van der Waals surface area contributed by atoms with Crippen molar-refractivity contribution in [1.29, 1.82) is 0 Å². The summed E-state index contributed by atoms with van der Waals surface area (Å²) < 4.78 is 0. The maximum absolute atomic E-state index is 3.73. The van der Waals surface area contributed by atoms with E-state index < -0.39 is 0 Å². The van der Waals surface area contributed by atoms with Crippen LogP contribution in [-0.2, 0) is 19.3 Å². The Hall–Kier alpha value is -1.12. The second kappa shape index (κ2) is 5.58. The molecule has 2 aliphatic carbocycles. The monoisotopic (exact) mass is 297 g/mol. The Labute approximate surface area is 131 Å². The van der Waals surface area contributed by atoms with Crippen LogP contribution in [-0.4, -0.2) is 6.54 Å². The van der Waals surface area contributed by atoms with Gasteiger partial charge in [-0.2, -0.15) is 0 Å². The van der Waals surface area contributed by atoms with Crippen molar-refractivity contribution in [2.45, 2.75) is 51.0 Å². The lowest BCUT2D eigenvalue weighted by atomic mass is 9.74. The zero-order valence-electron chi connectivity index (χ0n) is 12.7. The van der Waals surface area contributed by atoms with Crippen LogP contribution < -0.4 is 5.32 Å². The molecule has 21 heavy (non-hydrogen) atoms. The molecule has 0 saturated heterocycles. The maximum Gasteiger partial charge on any atom is 0.0420 e. The third-order valence-electron chi connectivity index (χ3n) is 5.04. The summed E-state index contributed by atoms with van der Waals surface area (Å²) in [6.07, 6.45) is 6.50. The molecule has 1 heterocycles. The van der Waals surface area contributed by atoms with Crippen LogP contribution in [0.4, 0.5) is 0 Å². The van der Waals surface area contributed by atoms with Crippen LogP contribution in [0.2, 0.25) is 0 Å². The maximum atomic E-state index is 3.73. The minimum atomic E-state index is 0.545. The summed E-state index contributed by atoms with van der Waals surface area (Å²) in [5.41, 5.74) is 4.78. The van der Waals surface area contributed by atoms with E-state index in [2.05, 4.69) is 53.9 Å². The van der Waals surface area contributed by atoms with E-state index in [1.807, 2.05) is 0 Å². The first-order valence-electron chi connectivity index (χ1n) is 8.28. The van der Waals surface area contributed by atoms with E-state index in [1.54, 1.807) is 26.4 Å². The number of aryl methyl sites for hydroxylation is 2. The summed E-state index contributed by atoms with van der Waals surface area (Å²) in [6, 6.07) is 12.0. The second-order valence-electron chi connectivity index (χ2n) is 6.40. The van der Waals surface area contributed by atoms with Crippen molar-refractivity contribution in [3.05, 3.63) is 56.8 Å². The molecule has 110 valence electrons. The largest absolute Gasteiger partial charge is 0.310 e. The Balaban J connectivity index is 1.52. The number of hydrogen-bond acceptors (Lipinski definition) is 2. The van der Waals surface area contributed by atoms with Crippen LogP contribution >= 0.6 is 11.3 Å². The highest BCUT2D eigenvalue weighted by molar-refractivity contribution is 7.12. The highest BCUT2D eigenvalue weighted by Gasteiger charge is 2.29. The predicted molar refractivity (Wildman–Crippen MR) is 90.3 cm³/mol. The summed E-state index contributed by atoms with van der Waals surface area (Å²) in [4.78, 5) is 3.23. The lowest BCUT2D eigenvalue weighted by molar-refractivity contribution is 0.440. The van der Waals surface area contributed by atoms with Crippen molar-refractivity contribution < 1.29 is 0 Å². The first kappa shape index (κ1) is 13.5. The number of hydrogen-bond donors (Lipinski definition) is 1. The van der Waals surface area contributed by atoms with Gasteiger partial charge in [-0.15, -0.1) is 11.3 Å². The van der Waals surface area contributed by atoms with Gasteiger partial charge in [0.1, 0.15) is 0 Å². The number of thiophene rings is 1. The SMILES string of the molecule is CCNC(CC1Cc2ccccc21)c1cc2c(s1)CCC2. The molecule has 1 nitrogen and oxygen atoms in total. The zero-order chi connectivity index (χ0) is 14.2. The molecule has 0 fully saturated rings. The quantitative estimate of drug-likeness (QED) is 0.849. The molecule has 0 spiro atoms. The van der Waals surface area contributed by atoms with Gasteiger partial charge in [-0.05, 0) is 67.3 Å². The second-order valence-corrected chi connectivity index (χ2v) is 7.56. The van der Waals surface area contributed by atoms with Gasteiger partial charge in [-0.25, -0.2) is 0 Å². The molecule has 2 heteroatoms. The van der Waals surface area contributed by atoms with Crippen molar-refractivity contribution in [2.24, 2.45) is 0 Å². The normalized spacial score (nSPS) is 20.7. The summed E-state index contributed by atoms with van der Waals surface area (Å²) in [6.45, 7) is 3.28. The van der Waals surface area contributed by atoms with E-state index in [0.717, 1.165) is 12.5 Å². The van der Waals surface area contributed by atoms with Gasteiger partial charge in [-0.1, -0.05) is 31.2 Å². The van der Waals surface area contributed by atoms with Crippen LogP contribution in [0.15, 0.2) is 30.3 Å². The van der Waals surface area contributed by atoms with Gasteiger partial charge >= 0.3 is 0 Å². The van der Waals surface area contributed by atoms with E-state index in [4.69, 9.17) is 0 Å². The minimum absolute atomic E-state index is 0.545.